The number of benzene rings is 2. The summed E-state index contributed by atoms with van der Waals surface area (Å²) < 4.78 is 25.9. The Kier molecular flexibility index (Phi) is 7.20. The Balaban J connectivity index is 1.95. The summed E-state index contributed by atoms with van der Waals surface area (Å²) in [5.74, 6) is 7.85. The summed E-state index contributed by atoms with van der Waals surface area (Å²) >= 11 is 0. The minimum Gasteiger partial charge on any atom is -0.497 e. The first-order valence-corrected chi connectivity index (χ1v) is 7.98. The van der Waals surface area contributed by atoms with Crippen LogP contribution in [0.2, 0.25) is 0 Å². The first-order valence-electron chi connectivity index (χ1n) is 7.98. The number of anilines is 1. The molecule has 2 aromatic carbocycles. The van der Waals surface area contributed by atoms with Crippen LogP contribution in [0.1, 0.15) is 5.56 Å². The van der Waals surface area contributed by atoms with E-state index < -0.39 is 6.09 Å². The molecule has 1 amide bonds. The Morgan fingerprint density at radius 2 is 1.56 bits per heavy atom. The van der Waals surface area contributed by atoms with Gasteiger partial charge in [0.15, 0.2) is 18.1 Å². The second-order valence-electron chi connectivity index (χ2n) is 5.15. The summed E-state index contributed by atoms with van der Waals surface area (Å²) in [6.45, 7) is -0.0708. The van der Waals surface area contributed by atoms with E-state index in [1.54, 1.807) is 43.5 Å². The molecule has 7 nitrogen and oxygen atoms in total. The minimum atomic E-state index is -0.598. The van der Waals surface area contributed by atoms with Gasteiger partial charge in [-0.3, -0.25) is 5.32 Å². The van der Waals surface area contributed by atoms with Gasteiger partial charge in [-0.1, -0.05) is 11.8 Å². The molecule has 2 rings (SSSR count). The second-order valence-corrected chi connectivity index (χ2v) is 5.15. The summed E-state index contributed by atoms with van der Waals surface area (Å²) in [6, 6.07) is 10.3. The van der Waals surface area contributed by atoms with Crippen molar-refractivity contribution in [3.8, 4) is 34.8 Å². The zero-order valence-electron chi connectivity index (χ0n) is 15.6. The van der Waals surface area contributed by atoms with Crippen LogP contribution in [0.25, 0.3) is 0 Å². The predicted molar refractivity (Wildman–Crippen MR) is 101 cm³/mol. The predicted octanol–water partition coefficient (Wildman–Crippen LogP) is 3.32. The molecule has 0 aliphatic carbocycles. The van der Waals surface area contributed by atoms with Gasteiger partial charge >= 0.3 is 6.09 Å². The molecule has 0 aliphatic heterocycles. The number of carbonyl (C=O) groups is 1. The number of hydrogen-bond acceptors (Lipinski definition) is 6. The lowest BCUT2D eigenvalue weighted by atomic mass is 10.2. The molecule has 0 saturated heterocycles. The first-order chi connectivity index (χ1) is 13.1. The third-order valence-corrected chi connectivity index (χ3v) is 3.51. The Bertz CT molecular complexity index is 811. The molecule has 27 heavy (non-hydrogen) atoms. The van der Waals surface area contributed by atoms with Crippen LogP contribution in [0.15, 0.2) is 36.4 Å². The monoisotopic (exact) mass is 371 g/mol. The molecule has 2 aromatic rings. The van der Waals surface area contributed by atoms with Gasteiger partial charge in [0.1, 0.15) is 5.75 Å². The van der Waals surface area contributed by atoms with Crippen LogP contribution < -0.4 is 24.3 Å². The Labute approximate surface area is 158 Å². The van der Waals surface area contributed by atoms with Crippen LogP contribution in [-0.4, -0.2) is 41.1 Å². The largest absolute Gasteiger partial charge is 0.497 e. The van der Waals surface area contributed by atoms with E-state index in [0.717, 1.165) is 0 Å². The Morgan fingerprint density at radius 3 is 2.07 bits per heavy atom. The zero-order chi connectivity index (χ0) is 19.6. The molecule has 7 heteroatoms. The van der Waals surface area contributed by atoms with Gasteiger partial charge in [0.2, 0.25) is 5.75 Å². The number of rotatable bonds is 6. The van der Waals surface area contributed by atoms with Crippen LogP contribution in [0.4, 0.5) is 10.5 Å². The lowest BCUT2D eigenvalue weighted by Crippen LogP contribution is -2.13. The molecule has 0 spiro atoms. The highest BCUT2D eigenvalue weighted by atomic mass is 16.5. The number of carbonyl (C=O) groups excluding carboxylic acids is 1. The second kappa shape index (κ2) is 9.82. The van der Waals surface area contributed by atoms with Gasteiger partial charge in [0, 0.05) is 11.3 Å². The van der Waals surface area contributed by atoms with Gasteiger partial charge in [0.25, 0.3) is 0 Å². The number of nitrogens with one attached hydrogen (secondary N) is 1. The summed E-state index contributed by atoms with van der Waals surface area (Å²) in [4.78, 5) is 11.8. The third-order valence-electron chi connectivity index (χ3n) is 3.51. The molecule has 0 heterocycles. The summed E-state index contributed by atoms with van der Waals surface area (Å²) in [6.07, 6.45) is -0.598. The van der Waals surface area contributed by atoms with E-state index in [-0.39, 0.29) is 6.61 Å². The maximum Gasteiger partial charge on any atom is 0.412 e. The van der Waals surface area contributed by atoms with Gasteiger partial charge in [0.05, 0.1) is 28.4 Å². The van der Waals surface area contributed by atoms with Crippen LogP contribution >= 0.6 is 0 Å². The first kappa shape index (κ1) is 19.8. The van der Waals surface area contributed by atoms with Crippen molar-refractivity contribution < 1.29 is 28.5 Å². The average molecular weight is 371 g/mol. The lowest BCUT2D eigenvalue weighted by Gasteiger charge is -2.12. The highest BCUT2D eigenvalue weighted by Crippen LogP contribution is 2.37. The molecule has 0 fully saturated rings. The number of amides is 1. The van der Waals surface area contributed by atoms with Crippen LogP contribution in [0.3, 0.4) is 0 Å². The van der Waals surface area contributed by atoms with Crippen LogP contribution in [0.5, 0.6) is 23.0 Å². The van der Waals surface area contributed by atoms with Crippen molar-refractivity contribution in [2.24, 2.45) is 0 Å². The summed E-state index contributed by atoms with van der Waals surface area (Å²) in [5, 5.41) is 2.60. The molecule has 0 atom stereocenters. The van der Waals surface area contributed by atoms with Gasteiger partial charge in [-0.15, -0.1) is 0 Å². The summed E-state index contributed by atoms with van der Waals surface area (Å²) in [5.41, 5.74) is 1.24. The molecule has 1 N–H and O–H groups in total. The number of hydrogen-bond donors (Lipinski definition) is 1. The molecule has 0 saturated carbocycles. The average Bonchev–Trinajstić information content (AvgIpc) is 2.70. The molecular formula is C20H21NO6. The number of methoxy groups -OCH3 is 4. The fourth-order valence-corrected chi connectivity index (χ4v) is 2.22. The van der Waals surface area contributed by atoms with Crippen molar-refractivity contribution in [2.45, 2.75) is 0 Å². The van der Waals surface area contributed by atoms with Crippen molar-refractivity contribution in [2.75, 3.05) is 40.4 Å². The van der Waals surface area contributed by atoms with E-state index in [1.165, 1.54) is 21.3 Å². The van der Waals surface area contributed by atoms with Gasteiger partial charge in [-0.05, 0) is 36.4 Å². The van der Waals surface area contributed by atoms with E-state index in [0.29, 0.717) is 34.2 Å². The molecule has 0 bridgehead atoms. The maximum absolute atomic E-state index is 11.8. The van der Waals surface area contributed by atoms with Gasteiger partial charge in [-0.2, -0.15) is 0 Å². The lowest BCUT2D eigenvalue weighted by molar-refractivity contribution is 0.176. The Morgan fingerprint density at radius 1 is 0.926 bits per heavy atom. The van der Waals surface area contributed by atoms with E-state index in [9.17, 15) is 4.79 Å². The smallest absolute Gasteiger partial charge is 0.412 e. The van der Waals surface area contributed by atoms with Crippen molar-refractivity contribution >= 4 is 11.8 Å². The van der Waals surface area contributed by atoms with Crippen molar-refractivity contribution in [3.05, 3.63) is 42.0 Å². The topological polar surface area (TPSA) is 75.3 Å². The molecule has 142 valence electrons. The van der Waals surface area contributed by atoms with Crippen LogP contribution in [-0.2, 0) is 4.74 Å². The number of ether oxygens (including phenoxy) is 5. The molecule has 0 aliphatic rings. The maximum atomic E-state index is 11.8. The van der Waals surface area contributed by atoms with E-state index in [4.69, 9.17) is 23.7 Å². The molecular weight excluding hydrogens is 350 g/mol. The quantitative estimate of drug-likeness (QED) is 0.785. The minimum absolute atomic E-state index is 0.0708. The van der Waals surface area contributed by atoms with Gasteiger partial charge in [-0.25, -0.2) is 4.79 Å². The van der Waals surface area contributed by atoms with Crippen molar-refractivity contribution in [3.63, 3.8) is 0 Å². The standard InChI is InChI=1S/C20H21NO6/c1-23-16-9-7-15(8-10-16)21-20(22)27-11-5-6-14-12-17(24-2)19(26-4)18(13-14)25-3/h7-10,12-13H,11H2,1-4H3,(H,21,22). The molecule has 0 aromatic heterocycles. The van der Waals surface area contributed by atoms with Crippen LogP contribution in [0, 0.1) is 11.8 Å². The Hall–Kier alpha value is -3.53. The van der Waals surface area contributed by atoms with Crippen molar-refractivity contribution in [1.82, 2.24) is 0 Å². The van der Waals surface area contributed by atoms with E-state index in [1.807, 2.05) is 0 Å². The SMILES string of the molecule is COc1ccc(NC(=O)OCC#Cc2cc(OC)c(OC)c(OC)c2)cc1. The summed E-state index contributed by atoms with van der Waals surface area (Å²) in [7, 11) is 6.16. The third kappa shape index (κ3) is 5.47. The van der Waals surface area contributed by atoms with Gasteiger partial charge < -0.3 is 23.7 Å². The van der Waals surface area contributed by atoms with E-state index >= 15 is 0 Å². The fraction of sp³-hybridized carbons (Fsp3) is 0.250. The normalized spacial score (nSPS) is 9.48. The molecule has 0 unspecified atom stereocenters. The highest BCUT2D eigenvalue weighted by molar-refractivity contribution is 5.84. The van der Waals surface area contributed by atoms with E-state index in [2.05, 4.69) is 17.2 Å². The highest BCUT2D eigenvalue weighted by Gasteiger charge is 2.12. The molecule has 0 radical (unpaired) electrons. The fourth-order valence-electron chi connectivity index (χ4n) is 2.22. The zero-order valence-corrected chi connectivity index (χ0v) is 15.6. The van der Waals surface area contributed by atoms with Crippen molar-refractivity contribution in [1.29, 1.82) is 0 Å².